The van der Waals surface area contributed by atoms with E-state index in [1.807, 2.05) is 57.2 Å². The normalized spacial score (nSPS) is 11.0. The van der Waals surface area contributed by atoms with Crippen LogP contribution in [0, 0.1) is 20.8 Å². The SMILES string of the molecule is Cc1cccc(C(=O)N(CCCO)Cc2cc3cc(C)c(C)cc3[nH]c2=O)c1. The van der Waals surface area contributed by atoms with Crippen molar-refractivity contribution in [1.29, 1.82) is 0 Å². The van der Waals surface area contributed by atoms with Crippen molar-refractivity contribution in [3.63, 3.8) is 0 Å². The molecular weight excluding hydrogens is 352 g/mol. The average molecular weight is 378 g/mol. The molecule has 0 atom stereocenters. The maximum atomic E-state index is 13.0. The molecule has 28 heavy (non-hydrogen) atoms. The number of aliphatic hydroxyl groups excluding tert-OH is 1. The fourth-order valence-electron chi connectivity index (χ4n) is 3.32. The van der Waals surface area contributed by atoms with Crippen LogP contribution >= 0.6 is 0 Å². The number of aromatic nitrogens is 1. The Morgan fingerprint density at radius 3 is 2.54 bits per heavy atom. The van der Waals surface area contributed by atoms with Crippen molar-refractivity contribution >= 4 is 16.8 Å². The third-order valence-corrected chi connectivity index (χ3v) is 5.04. The van der Waals surface area contributed by atoms with Crippen LogP contribution in [0.1, 0.15) is 39.0 Å². The Kier molecular flexibility index (Phi) is 5.95. The lowest BCUT2D eigenvalue weighted by molar-refractivity contribution is 0.0731. The molecule has 1 aromatic heterocycles. The van der Waals surface area contributed by atoms with Crippen LogP contribution in [0.4, 0.5) is 0 Å². The van der Waals surface area contributed by atoms with Crippen molar-refractivity contribution in [3.8, 4) is 0 Å². The third kappa shape index (κ3) is 4.31. The van der Waals surface area contributed by atoms with Gasteiger partial charge in [0, 0.05) is 29.8 Å². The second kappa shape index (κ2) is 8.40. The van der Waals surface area contributed by atoms with E-state index in [9.17, 15) is 14.7 Å². The van der Waals surface area contributed by atoms with Crippen LogP contribution in [0.5, 0.6) is 0 Å². The molecule has 0 radical (unpaired) electrons. The van der Waals surface area contributed by atoms with Crippen LogP contribution in [-0.4, -0.2) is 34.0 Å². The van der Waals surface area contributed by atoms with Gasteiger partial charge < -0.3 is 15.0 Å². The predicted molar refractivity (Wildman–Crippen MR) is 112 cm³/mol. The lowest BCUT2D eigenvalue weighted by atomic mass is 10.0. The molecule has 0 fully saturated rings. The molecule has 1 heterocycles. The molecule has 0 spiro atoms. The van der Waals surface area contributed by atoms with E-state index in [4.69, 9.17) is 0 Å². The summed E-state index contributed by atoms with van der Waals surface area (Å²) in [6, 6.07) is 13.3. The number of benzene rings is 2. The molecule has 1 amide bonds. The van der Waals surface area contributed by atoms with Gasteiger partial charge in [0.1, 0.15) is 0 Å². The summed E-state index contributed by atoms with van der Waals surface area (Å²) < 4.78 is 0. The highest BCUT2D eigenvalue weighted by atomic mass is 16.3. The fraction of sp³-hybridized carbons (Fsp3) is 0.304. The number of aryl methyl sites for hydroxylation is 3. The quantitative estimate of drug-likeness (QED) is 0.690. The lowest BCUT2D eigenvalue weighted by Gasteiger charge is -2.23. The largest absolute Gasteiger partial charge is 0.396 e. The summed E-state index contributed by atoms with van der Waals surface area (Å²) in [5.74, 6) is -0.142. The van der Waals surface area contributed by atoms with E-state index in [-0.39, 0.29) is 24.6 Å². The zero-order valence-electron chi connectivity index (χ0n) is 16.6. The van der Waals surface area contributed by atoms with E-state index in [0.29, 0.717) is 24.1 Å². The summed E-state index contributed by atoms with van der Waals surface area (Å²) in [5, 5.41) is 10.2. The molecule has 0 bridgehead atoms. The minimum Gasteiger partial charge on any atom is -0.396 e. The highest BCUT2D eigenvalue weighted by Gasteiger charge is 2.18. The van der Waals surface area contributed by atoms with Gasteiger partial charge in [-0.25, -0.2) is 0 Å². The van der Waals surface area contributed by atoms with E-state index in [0.717, 1.165) is 27.6 Å². The molecule has 3 rings (SSSR count). The lowest BCUT2D eigenvalue weighted by Crippen LogP contribution is -2.34. The number of rotatable bonds is 6. The molecule has 5 nitrogen and oxygen atoms in total. The molecule has 0 aliphatic rings. The van der Waals surface area contributed by atoms with Gasteiger partial charge in [-0.1, -0.05) is 17.7 Å². The summed E-state index contributed by atoms with van der Waals surface area (Å²) in [6.07, 6.45) is 0.460. The van der Waals surface area contributed by atoms with Crippen molar-refractivity contribution in [1.82, 2.24) is 9.88 Å². The van der Waals surface area contributed by atoms with E-state index in [2.05, 4.69) is 4.98 Å². The zero-order chi connectivity index (χ0) is 20.3. The Labute approximate surface area is 164 Å². The predicted octanol–water partition coefficient (Wildman–Crippen LogP) is 3.48. The minimum absolute atomic E-state index is 0.00978. The van der Waals surface area contributed by atoms with Crippen molar-refractivity contribution in [2.24, 2.45) is 0 Å². The van der Waals surface area contributed by atoms with Gasteiger partial charge in [0.15, 0.2) is 0 Å². The van der Waals surface area contributed by atoms with Crippen molar-refractivity contribution in [2.75, 3.05) is 13.2 Å². The van der Waals surface area contributed by atoms with E-state index < -0.39 is 0 Å². The monoisotopic (exact) mass is 378 g/mol. The molecule has 2 N–H and O–H groups in total. The molecule has 0 aliphatic carbocycles. The summed E-state index contributed by atoms with van der Waals surface area (Å²) in [6.45, 7) is 6.56. The van der Waals surface area contributed by atoms with Gasteiger partial charge in [0.05, 0.1) is 6.54 Å². The van der Waals surface area contributed by atoms with Crippen LogP contribution in [0.25, 0.3) is 10.9 Å². The van der Waals surface area contributed by atoms with Crippen LogP contribution in [-0.2, 0) is 6.54 Å². The number of carbonyl (C=O) groups is 1. The number of fused-ring (bicyclic) bond motifs is 1. The highest BCUT2D eigenvalue weighted by Crippen LogP contribution is 2.18. The van der Waals surface area contributed by atoms with Crippen LogP contribution in [0.2, 0.25) is 0 Å². The molecule has 2 aromatic carbocycles. The first-order chi connectivity index (χ1) is 13.4. The van der Waals surface area contributed by atoms with E-state index >= 15 is 0 Å². The Morgan fingerprint density at radius 1 is 1.07 bits per heavy atom. The third-order valence-electron chi connectivity index (χ3n) is 5.04. The second-order valence-corrected chi connectivity index (χ2v) is 7.32. The number of aliphatic hydroxyl groups is 1. The minimum atomic E-state index is -0.193. The molecular formula is C23H26N2O3. The fourth-order valence-corrected chi connectivity index (χ4v) is 3.32. The molecule has 0 unspecified atom stereocenters. The Bertz CT molecular complexity index is 1070. The van der Waals surface area contributed by atoms with Crippen molar-refractivity contribution < 1.29 is 9.90 Å². The molecule has 0 saturated heterocycles. The number of pyridine rings is 1. The Morgan fingerprint density at radius 2 is 1.82 bits per heavy atom. The number of H-pyrrole nitrogens is 1. The molecule has 3 aromatic rings. The number of hydrogen-bond donors (Lipinski definition) is 2. The molecule has 146 valence electrons. The molecule has 0 aliphatic heterocycles. The van der Waals surface area contributed by atoms with E-state index in [1.165, 1.54) is 0 Å². The van der Waals surface area contributed by atoms with Crippen molar-refractivity contribution in [2.45, 2.75) is 33.7 Å². The number of carbonyl (C=O) groups excluding carboxylic acids is 1. The standard InChI is InChI=1S/C23H26N2O3/c1-15-6-4-7-18(10-15)23(28)25(8-5-9-26)14-20-13-19-11-16(2)17(3)12-21(19)24-22(20)27/h4,6-7,10-13,26H,5,8-9,14H2,1-3H3,(H,24,27). The summed E-state index contributed by atoms with van der Waals surface area (Å²) in [4.78, 5) is 30.2. The maximum absolute atomic E-state index is 13.0. The van der Waals surface area contributed by atoms with Gasteiger partial charge in [0.25, 0.3) is 11.5 Å². The van der Waals surface area contributed by atoms with Crippen LogP contribution in [0.15, 0.2) is 47.3 Å². The summed E-state index contributed by atoms with van der Waals surface area (Å²) >= 11 is 0. The van der Waals surface area contributed by atoms with Gasteiger partial charge in [-0.3, -0.25) is 9.59 Å². The van der Waals surface area contributed by atoms with Crippen molar-refractivity contribution in [3.05, 3.63) is 80.6 Å². The number of amides is 1. The zero-order valence-corrected chi connectivity index (χ0v) is 16.6. The van der Waals surface area contributed by atoms with Gasteiger partial charge in [0.2, 0.25) is 0 Å². The summed E-state index contributed by atoms with van der Waals surface area (Å²) in [5.41, 5.74) is 5.00. The van der Waals surface area contributed by atoms with Gasteiger partial charge in [-0.15, -0.1) is 0 Å². The first-order valence-electron chi connectivity index (χ1n) is 9.49. The first kappa shape index (κ1) is 19.8. The molecule has 0 saturated carbocycles. The second-order valence-electron chi connectivity index (χ2n) is 7.32. The molecule has 5 heteroatoms. The van der Waals surface area contributed by atoms with Gasteiger partial charge in [-0.2, -0.15) is 0 Å². The average Bonchev–Trinajstić information content (AvgIpc) is 2.66. The maximum Gasteiger partial charge on any atom is 0.254 e. The van der Waals surface area contributed by atoms with E-state index in [1.54, 1.807) is 11.0 Å². The highest BCUT2D eigenvalue weighted by molar-refractivity contribution is 5.94. The first-order valence-corrected chi connectivity index (χ1v) is 9.49. The number of nitrogens with zero attached hydrogens (tertiary/aromatic N) is 1. The summed E-state index contributed by atoms with van der Waals surface area (Å²) in [7, 11) is 0. The Balaban J connectivity index is 1.96. The number of hydrogen-bond acceptors (Lipinski definition) is 3. The van der Waals surface area contributed by atoms with Gasteiger partial charge >= 0.3 is 0 Å². The van der Waals surface area contributed by atoms with Crippen LogP contribution < -0.4 is 5.56 Å². The number of aromatic amines is 1. The van der Waals surface area contributed by atoms with Gasteiger partial charge in [-0.05, 0) is 74.0 Å². The topological polar surface area (TPSA) is 73.4 Å². The van der Waals surface area contributed by atoms with Crippen LogP contribution in [0.3, 0.4) is 0 Å². The Hall–Kier alpha value is -2.92. The smallest absolute Gasteiger partial charge is 0.254 e. The number of nitrogens with one attached hydrogen (secondary N) is 1.